The minimum Gasteiger partial charge on any atom is -0.465 e. The highest BCUT2D eigenvalue weighted by Gasteiger charge is 2.20. The third-order valence-corrected chi connectivity index (χ3v) is 4.67. The van der Waals surface area contributed by atoms with Crippen LogP contribution in [0.25, 0.3) is 0 Å². The van der Waals surface area contributed by atoms with Crippen LogP contribution in [0.5, 0.6) is 0 Å². The van der Waals surface area contributed by atoms with E-state index >= 15 is 0 Å². The van der Waals surface area contributed by atoms with Crippen molar-refractivity contribution in [2.24, 2.45) is 0 Å². The summed E-state index contributed by atoms with van der Waals surface area (Å²) in [5.41, 5.74) is 3.81. The van der Waals surface area contributed by atoms with E-state index < -0.39 is 5.97 Å². The molecule has 29 heavy (non-hydrogen) atoms. The molecular formula is C23H28N2O4. The number of carbonyl (C=O) groups is 3. The van der Waals surface area contributed by atoms with Gasteiger partial charge in [0.15, 0.2) is 0 Å². The first-order valence-corrected chi connectivity index (χ1v) is 9.60. The van der Waals surface area contributed by atoms with Gasteiger partial charge in [-0.15, -0.1) is 0 Å². The number of rotatable bonds is 7. The van der Waals surface area contributed by atoms with Gasteiger partial charge in [0, 0.05) is 31.3 Å². The lowest BCUT2D eigenvalue weighted by Crippen LogP contribution is -2.33. The molecule has 0 aliphatic heterocycles. The van der Waals surface area contributed by atoms with E-state index in [-0.39, 0.29) is 30.7 Å². The first-order chi connectivity index (χ1) is 13.7. The minimum absolute atomic E-state index is 0.110. The summed E-state index contributed by atoms with van der Waals surface area (Å²) in [5.74, 6) is -0.564. The number of amides is 2. The molecule has 2 aromatic carbocycles. The lowest BCUT2D eigenvalue weighted by Gasteiger charge is -2.27. The number of carbonyl (C=O) groups excluding carboxylic acids is 3. The second-order valence-electron chi connectivity index (χ2n) is 7.21. The molecule has 6 nitrogen and oxygen atoms in total. The summed E-state index contributed by atoms with van der Waals surface area (Å²) in [6.07, 6.45) is 0.133. The molecule has 0 unspecified atom stereocenters. The number of esters is 1. The lowest BCUT2D eigenvalue weighted by atomic mass is 9.97. The predicted molar refractivity (Wildman–Crippen MR) is 114 cm³/mol. The number of hydrogen-bond acceptors (Lipinski definition) is 4. The first-order valence-electron chi connectivity index (χ1n) is 9.60. The van der Waals surface area contributed by atoms with Gasteiger partial charge < -0.3 is 15.0 Å². The molecule has 0 saturated heterocycles. The normalized spacial score (nSPS) is 10.6. The minimum atomic E-state index is -0.468. The highest BCUT2D eigenvalue weighted by Crippen LogP contribution is 2.31. The van der Waals surface area contributed by atoms with Crippen molar-refractivity contribution < 1.29 is 19.1 Å². The number of methoxy groups -OCH3 is 1. The van der Waals surface area contributed by atoms with E-state index in [0.717, 1.165) is 16.8 Å². The number of anilines is 2. The molecule has 0 bridgehead atoms. The van der Waals surface area contributed by atoms with Gasteiger partial charge in [-0.25, -0.2) is 4.79 Å². The quantitative estimate of drug-likeness (QED) is 0.709. The van der Waals surface area contributed by atoms with E-state index in [1.54, 1.807) is 29.2 Å². The fourth-order valence-electron chi connectivity index (χ4n) is 3.22. The molecular weight excluding hydrogens is 368 g/mol. The molecule has 2 amide bonds. The average Bonchev–Trinajstić information content (AvgIpc) is 2.68. The smallest absolute Gasteiger partial charge is 0.337 e. The van der Waals surface area contributed by atoms with Gasteiger partial charge in [0.25, 0.3) is 0 Å². The molecule has 0 aliphatic carbocycles. The number of aryl methyl sites for hydroxylation is 1. The van der Waals surface area contributed by atoms with E-state index in [0.29, 0.717) is 11.3 Å². The first kappa shape index (κ1) is 22.1. The number of benzene rings is 2. The summed E-state index contributed by atoms with van der Waals surface area (Å²) in [5, 5.41) is 2.77. The van der Waals surface area contributed by atoms with Crippen LogP contribution >= 0.6 is 0 Å². The van der Waals surface area contributed by atoms with Crippen LogP contribution in [-0.2, 0) is 14.3 Å². The molecule has 0 heterocycles. The van der Waals surface area contributed by atoms with Crippen molar-refractivity contribution in [3.8, 4) is 0 Å². The molecule has 0 saturated carbocycles. The molecule has 0 spiro atoms. The van der Waals surface area contributed by atoms with Gasteiger partial charge in [0.2, 0.25) is 11.8 Å². The SMILES string of the molecule is COC(=O)c1cccc(NC(=O)CCN(C(C)=O)c2c(C)cccc2C(C)C)c1. The summed E-state index contributed by atoms with van der Waals surface area (Å²) >= 11 is 0. The number of nitrogens with one attached hydrogen (secondary N) is 1. The Morgan fingerprint density at radius 1 is 1.10 bits per heavy atom. The summed E-state index contributed by atoms with van der Waals surface area (Å²) < 4.78 is 4.70. The van der Waals surface area contributed by atoms with Crippen LogP contribution in [0.1, 0.15) is 54.6 Å². The predicted octanol–water partition coefficient (Wildman–Crippen LogP) is 4.29. The summed E-state index contributed by atoms with van der Waals surface area (Å²) in [7, 11) is 1.31. The second-order valence-corrected chi connectivity index (χ2v) is 7.21. The highest BCUT2D eigenvalue weighted by molar-refractivity contribution is 5.97. The lowest BCUT2D eigenvalue weighted by molar-refractivity contribution is -0.117. The maximum absolute atomic E-state index is 12.5. The van der Waals surface area contributed by atoms with E-state index in [1.165, 1.54) is 14.0 Å². The molecule has 0 radical (unpaired) electrons. The fourth-order valence-corrected chi connectivity index (χ4v) is 3.22. The van der Waals surface area contributed by atoms with Crippen LogP contribution in [0.4, 0.5) is 11.4 Å². The Labute approximate surface area is 171 Å². The van der Waals surface area contributed by atoms with E-state index in [9.17, 15) is 14.4 Å². The fraction of sp³-hybridized carbons (Fsp3) is 0.348. The molecule has 0 aromatic heterocycles. The zero-order valence-corrected chi connectivity index (χ0v) is 17.6. The van der Waals surface area contributed by atoms with Crippen molar-refractivity contribution >= 4 is 29.2 Å². The number of ether oxygens (including phenoxy) is 1. The molecule has 2 aromatic rings. The Kier molecular flexibility index (Phi) is 7.53. The summed E-state index contributed by atoms with van der Waals surface area (Å²) in [4.78, 5) is 38.1. The Morgan fingerprint density at radius 3 is 2.41 bits per heavy atom. The Balaban J connectivity index is 2.14. The third-order valence-electron chi connectivity index (χ3n) is 4.67. The monoisotopic (exact) mass is 396 g/mol. The molecule has 0 fully saturated rings. The average molecular weight is 396 g/mol. The molecule has 0 atom stereocenters. The molecule has 6 heteroatoms. The van der Waals surface area contributed by atoms with Crippen LogP contribution in [0.2, 0.25) is 0 Å². The van der Waals surface area contributed by atoms with Gasteiger partial charge in [0.1, 0.15) is 0 Å². The molecule has 1 N–H and O–H groups in total. The maximum atomic E-state index is 12.5. The number of nitrogens with zero attached hydrogens (tertiary/aromatic N) is 1. The van der Waals surface area contributed by atoms with Crippen molar-refractivity contribution in [2.75, 3.05) is 23.9 Å². The molecule has 2 rings (SSSR count). The van der Waals surface area contributed by atoms with Gasteiger partial charge in [-0.2, -0.15) is 0 Å². The number of hydrogen-bond donors (Lipinski definition) is 1. The van der Waals surface area contributed by atoms with Crippen molar-refractivity contribution in [3.63, 3.8) is 0 Å². The second kappa shape index (κ2) is 9.87. The van der Waals surface area contributed by atoms with Crippen LogP contribution < -0.4 is 10.2 Å². The van der Waals surface area contributed by atoms with E-state index in [4.69, 9.17) is 4.74 Å². The van der Waals surface area contributed by atoms with Crippen molar-refractivity contribution in [3.05, 3.63) is 59.2 Å². The van der Waals surface area contributed by atoms with Crippen molar-refractivity contribution in [1.29, 1.82) is 0 Å². The van der Waals surface area contributed by atoms with Gasteiger partial charge >= 0.3 is 5.97 Å². The van der Waals surface area contributed by atoms with Crippen LogP contribution in [0.3, 0.4) is 0 Å². The topological polar surface area (TPSA) is 75.7 Å². The maximum Gasteiger partial charge on any atom is 0.337 e. The highest BCUT2D eigenvalue weighted by atomic mass is 16.5. The Hall–Kier alpha value is -3.15. The van der Waals surface area contributed by atoms with Crippen LogP contribution in [0.15, 0.2) is 42.5 Å². The van der Waals surface area contributed by atoms with Crippen LogP contribution in [0, 0.1) is 6.92 Å². The van der Waals surface area contributed by atoms with Crippen molar-refractivity contribution in [1.82, 2.24) is 0 Å². The zero-order valence-electron chi connectivity index (χ0n) is 17.6. The van der Waals surface area contributed by atoms with Crippen molar-refractivity contribution in [2.45, 2.75) is 40.0 Å². The Bertz CT molecular complexity index is 906. The largest absolute Gasteiger partial charge is 0.465 e. The third kappa shape index (κ3) is 5.67. The van der Waals surface area contributed by atoms with Crippen LogP contribution in [-0.4, -0.2) is 31.4 Å². The zero-order chi connectivity index (χ0) is 21.6. The van der Waals surface area contributed by atoms with Gasteiger partial charge in [-0.1, -0.05) is 38.1 Å². The van der Waals surface area contributed by atoms with Gasteiger partial charge in [0.05, 0.1) is 12.7 Å². The van der Waals surface area contributed by atoms with E-state index in [1.807, 2.05) is 25.1 Å². The van der Waals surface area contributed by atoms with E-state index in [2.05, 4.69) is 19.2 Å². The summed E-state index contributed by atoms with van der Waals surface area (Å²) in [6.45, 7) is 7.90. The standard InChI is InChI=1S/C23H28N2O4/c1-15(2)20-11-6-8-16(3)22(20)25(17(4)26)13-12-21(27)24-19-10-7-9-18(14-19)23(28)29-5/h6-11,14-15H,12-13H2,1-5H3,(H,24,27). The number of para-hydroxylation sites is 1. The van der Waals surface area contributed by atoms with Gasteiger partial charge in [-0.3, -0.25) is 9.59 Å². The molecule has 154 valence electrons. The van der Waals surface area contributed by atoms with Gasteiger partial charge in [-0.05, 0) is 42.2 Å². The molecule has 0 aliphatic rings. The summed E-state index contributed by atoms with van der Waals surface area (Å²) in [6, 6.07) is 12.5. The Morgan fingerprint density at radius 2 is 1.79 bits per heavy atom.